The third-order valence-electron chi connectivity index (χ3n) is 12.2. The maximum Gasteiger partial charge on any atom is 0.0725 e. The SMILES string of the molecule is c1ccc(-c2c3ccccc3c(-c3ccc4cc5c(cc4c3)C3(c4ccccc4-c4ccccc43)c3cc4ccccc4cc3-5)c3ccccc23)cc1. The summed E-state index contributed by atoms with van der Waals surface area (Å²) in [5.74, 6) is 0. The summed E-state index contributed by atoms with van der Waals surface area (Å²) in [6, 6.07) is 72.9. The van der Waals surface area contributed by atoms with E-state index in [4.69, 9.17) is 0 Å². The zero-order valence-corrected chi connectivity index (χ0v) is 29.0. The molecule has 0 aromatic heterocycles. The summed E-state index contributed by atoms with van der Waals surface area (Å²) in [5.41, 5.74) is 15.5. The second-order valence-electron chi connectivity index (χ2n) is 14.8. The Bertz CT molecular complexity index is 3060. The van der Waals surface area contributed by atoms with Crippen LogP contribution >= 0.6 is 0 Å². The van der Waals surface area contributed by atoms with Gasteiger partial charge in [-0.2, -0.15) is 0 Å². The topological polar surface area (TPSA) is 0 Å². The van der Waals surface area contributed by atoms with E-state index in [2.05, 4.69) is 194 Å². The lowest BCUT2D eigenvalue weighted by atomic mass is 9.70. The average Bonchev–Trinajstić information content (AvgIpc) is 3.67. The van der Waals surface area contributed by atoms with E-state index in [1.165, 1.54) is 110 Å². The summed E-state index contributed by atoms with van der Waals surface area (Å²) in [5, 5.41) is 10.2. The lowest BCUT2D eigenvalue weighted by Crippen LogP contribution is -2.25. The summed E-state index contributed by atoms with van der Waals surface area (Å²) < 4.78 is 0. The van der Waals surface area contributed by atoms with Gasteiger partial charge in [0, 0.05) is 0 Å². The predicted molar refractivity (Wildman–Crippen MR) is 224 cm³/mol. The monoisotopic (exact) mass is 668 g/mol. The molecule has 0 amide bonds. The molecule has 0 saturated heterocycles. The van der Waals surface area contributed by atoms with Crippen LogP contribution in [0.3, 0.4) is 0 Å². The van der Waals surface area contributed by atoms with Gasteiger partial charge in [-0.1, -0.05) is 164 Å². The first-order valence-corrected chi connectivity index (χ1v) is 18.6. The van der Waals surface area contributed by atoms with E-state index in [0.717, 1.165) is 0 Å². The summed E-state index contributed by atoms with van der Waals surface area (Å²) in [6.45, 7) is 0. The number of hydrogen-bond acceptors (Lipinski definition) is 0. The number of rotatable bonds is 2. The van der Waals surface area contributed by atoms with Gasteiger partial charge in [0.15, 0.2) is 0 Å². The van der Waals surface area contributed by atoms with Gasteiger partial charge < -0.3 is 0 Å². The molecule has 10 aromatic carbocycles. The van der Waals surface area contributed by atoms with Crippen molar-refractivity contribution in [3.8, 4) is 44.5 Å². The second-order valence-corrected chi connectivity index (χ2v) is 14.8. The van der Waals surface area contributed by atoms with Crippen molar-refractivity contribution in [3.05, 3.63) is 216 Å². The van der Waals surface area contributed by atoms with Crippen LogP contribution in [0, 0.1) is 0 Å². The van der Waals surface area contributed by atoms with Crippen LogP contribution < -0.4 is 0 Å². The molecule has 0 nitrogen and oxygen atoms in total. The van der Waals surface area contributed by atoms with Crippen molar-refractivity contribution < 1.29 is 0 Å². The van der Waals surface area contributed by atoms with Crippen molar-refractivity contribution in [2.24, 2.45) is 0 Å². The minimum absolute atomic E-state index is 0.400. The van der Waals surface area contributed by atoms with Gasteiger partial charge >= 0.3 is 0 Å². The standard InChI is InChI=1S/C53H32/c1-2-14-33(15-3-1)51-41-20-6-8-22-43(41)52(44-23-9-7-21-42(44)51)37-27-26-36-30-46-45-29-34-16-4-5-17-35(34)31-49(45)53(50(46)32-38(36)28-37)47-24-12-10-18-39(47)40-19-11-13-25-48(40)53/h1-32H. The van der Waals surface area contributed by atoms with E-state index in [1.54, 1.807) is 0 Å². The van der Waals surface area contributed by atoms with Crippen LogP contribution in [0.4, 0.5) is 0 Å². The third-order valence-corrected chi connectivity index (χ3v) is 12.2. The Labute approximate surface area is 308 Å². The molecule has 0 heterocycles. The highest BCUT2D eigenvalue weighted by Gasteiger charge is 2.51. The molecular formula is C53H32. The first kappa shape index (κ1) is 28.9. The quantitative estimate of drug-likeness (QED) is 0.161. The summed E-state index contributed by atoms with van der Waals surface area (Å²) in [4.78, 5) is 0. The highest BCUT2D eigenvalue weighted by atomic mass is 14.5. The molecule has 244 valence electrons. The molecule has 2 aliphatic rings. The number of benzene rings is 10. The fraction of sp³-hybridized carbons (Fsp3) is 0.0189. The van der Waals surface area contributed by atoms with Crippen LogP contribution in [-0.4, -0.2) is 0 Å². The largest absolute Gasteiger partial charge is 0.0725 e. The fourth-order valence-corrected chi connectivity index (χ4v) is 10.1. The average molecular weight is 669 g/mol. The summed E-state index contributed by atoms with van der Waals surface area (Å²) in [7, 11) is 0. The van der Waals surface area contributed by atoms with Crippen molar-refractivity contribution in [3.63, 3.8) is 0 Å². The Hall–Kier alpha value is -6.76. The van der Waals surface area contributed by atoms with Gasteiger partial charge in [0.1, 0.15) is 0 Å². The Balaban J connectivity index is 1.17. The van der Waals surface area contributed by atoms with Crippen LogP contribution in [0.15, 0.2) is 194 Å². The van der Waals surface area contributed by atoms with Crippen molar-refractivity contribution >= 4 is 43.1 Å². The Morgan fingerprint density at radius 3 is 1.26 bits per heavy atom. The van der Waals surface area contributed by atoms with Gasteiger partial charge in [-0.3, -0.25) is 0 Å². The van der Waals surface area contributed by atoms with Gasteiger partial charge in [0.2, 0.25) is 0 Å². The zero-order valence-electron chi connectivity index (χ0n) is 29.0. The first-order valence-electron chi connectivity index (χ1n) is 18.6. The molecule has 0 unspecified atom stereocenters. The molecule has 0 N–H and O–H groups in total. The molecular weight excluding hydrogens is 637 g/mol. The highest BCUT2D eigenvalue weighted by molar-refractivity contribution is 6.22. The van der Waals surface area contributed by atoms with Gasteiger partial charge in [0.05, 0.1) is 5.41 Å². The third kappa shape index (κ3) is 3.80. The van der Waals surface area contributed by atoms with Crippen molar-refractivity contribution in [1.29, 1.82) is 0 Å². The minimum atomic E-state index is -0.400. The molecule has 2 aliphatic carbocycles. The molecule has 1 spiro atoms. The van der Waals surface area contributed by atoms with Crippen LogP contribution in [0.5, 0.6) is 0 Å². The second kappa shape index (κ2) is 10.6. The lowest BCUT2D eigenvalue weighted by Gasteiger charge is -2.30. The molecule has 12 rings (SSSR count). The minimum Gasteiger partial charge on any atom is -0.0622 e. The van der Waals surface area contributed by atoms with Crippen molar-refractivity contribution in [2.75, 3.05) is 0 Å². The molecule has 10 aromatic rings. The van der Waals surface area contributed by atoms with E-state index in [9.17, 15) is 0 Å². The van der Waals surface area contributed by atoms with E-state index in [-0.39, 0.29) is 0 Å². The van der Waals surface area contributed by atoms with Gasteiger partial charge in [-0.05, 0) is 140 Å². The molecule has 0 fully saturated rings. The van der Waals surface area contributed by atoms with E-state index >= 15 is 0 Å². The van der Waals surface area contributed by atoms with E-state index < -0.39 is 5.41 Å². The van der Waals surface area contributed by atoms with Gasteiger partial charge in [0.25, 0.3) is 0 Å². The van der Waals surface area contributed by atoms with Gasteiger partial charge in [-0.25, -0.2) is 0 Å². The molecule has 0 radical (unpaired) electrons. The molecule has 0 bridgehead atoms. The molecule has 0 aliphatic heterocycles. The number of hydrogen-bond donors (Lipinski definition) is 0. The highest BCUT2D eigenvalue weighted by Crippen LogP contribution is 2.63. The maximum absolute atomic E-state index is 2.53. The van der Waals surface area contributed by atoms with E-state index in [1.807, 2.05) is 0 Å². The van der Waals surface area contributed by atoms with Crippen molar-refractivity contribution in [2.45, 2.75) is 5.41 Å². The lowest BCUT2D eigenvalue weighted by molar-refractivity contribution is 0.796. The molecule has 53 heavy (non-hydrogen) atoms. The zero-order chi connectivity index (χ0) is 34.7. The normalized spacial score (nSPS) is 13.4. The molecule has 0 saturated carbocycles. The van der Waals surface area contributed by atoms with Crippen LogP contribution in [0.25, 0.3) is 87.6 Å². The Kier molecular flexibility index (Phi) is 5.80. The smallest absolute Gasteiger partial charge is 0.0622 e. The molecule has 0 atom stereocenters. The Morgan fingerprint density at radius 2 is 0.679 bits per heavy atom. The summed E-state index contributed by atoms with van der Waals surface area (Å²) >= 11 is 0. The van der Waals surface area contributed by atoms with Crippen LogP contribution in [-0.2, 0) is 5.41 Å². The first-order chi connectivity index (χ1) is 26.3. The van der Waals surface area contributed by atoms with Crippen molar-refractivity contribution in [1.82, 2.24) is 0 Å². The Morgan fingerprint density at radius 1 is 0.245 bits per heavy atom. The predicted octanol–water partition coefficient (Wildman–Crippen LogP) is 14.0. The number of fused-ring (bicyclic) bond motifs is 14. The molecule has 0 heteroatoms. The van der Waals surface area contributed by atoms with Crippen LogP contribution in [0.2, 0.25) is 0 Å². The van der Waals surface area contributed by atoms with E-state index in [0.29, 0.717) is 0 Å². The maximum atomic E-state index is 2.53. The fourth-order valence-electron chi connectivity index (χ4n) is 10.1. The van der Waals surface area contributed by atoms with Gasteiger partial charge in [-0.15, -0.1) is 0 Å². The van der Waals surface area contributed by atoms with Crippen LogP contribution in [0.1, 0.15) is 22.3 Å². The summed E-state index contributed by atoms with van der Waals surface area (Å²) in [6.07, 6.45) is 0.